The SMILES string of the molecule is CC1CN(S(=O)(=O)CC2CCCCO2)CCN1. The van der Waals surface area contributed by atoms with Crippen LogP contribution in [0.5, 0.6) is 0 Å². The first-order valence-corrected chi connectivity index (χ1v) is 8.01. The Morgan fingerprint density at radius 1 is 1.41 bits per heavy atom. The van der Waals surface area contributed by atoms with Gasteiger partial charge in [0.2, 0.25) is 10.0 Å². The first-order valence-electron chi connectivity index (χ1n) is 6.41. The minimum absolute atomic E-state index is 0.0982. The van der Waals surface area contributed by atoms with Gasteiger partial charge < -0.3 is 10.1 Å². The Labute approximate surface area is 104 Å². The highest BCUT2D eigenvalue weighted by molar-refractivity contribution is 7.89. The second-order valence-corrected chi connectivity index (χ2v) is 6.99. The number of sulfonamides is 1. The smallest absolute Gasteiger partial charge is 0.216 e. The maximum Gasteiger partial charge on any atom is 0.216 e. The zero-order chi connectivity index (χ0) is 12.3. The zero-order valence-corrected chi connectivity index (χ0v) is 11.2. The molecule has 0 aromatic heterocycles. The van der Waals surface area contributed by atoms with Crippen molar-refractivity contribution in [2.75, 3.05) is 32.0 Å². The van der Waals surface area contributed by atoms with E-state index in [-0.39, 0.29) is 17.9 Å². The fourth-order valence-electron chi connectivity index (χ4n) is 2.43. The lowest BCUT2D eigenvalue weighted by molar-refractivity contribution is 0.0298. The summed E-state index contributed by atoms with van der Waals surface area (Å²) in [5, 5.41) is 3.25. The monoisotopic (exact) mass is 262 g/mol. The number of nitrogens with one attached hydrogen (secondary N) is 1. The van der Waals surface area contributed by atoms with E-state index in [9.17, 15) is 8.42 Å². The molecule has 0 spiro atoms. The molecular formula is C11H22N2O3S. The van der Waals surface area contributed by atoms with Crippen LogP contribution in [-0.2, 0) is 14.8 Å². The maximum absolute atomic E-state index is 12.2. The predicted octanol–water partition coefficient (Wildman–Crippen LogP) is 0.179. The van der Waals surface area contributed by atoms with Crippen LogP contribution in [0.2, 0.25) is 0 Å². The number of hydrogen-bond donors (Lipinski definition) is 1. The van der Waals surface area contributed by atoms with Crippen LogP contribution in [-0.4, -0.2) is 56.9 Å². The minimum Gasteiger partial charge on any atom is -0.377 e. The number of ether oxygens (including phenoxy) is 1. The van der Waals surface area contributed by atoms with Gasteiger partial charge in [-0.1, -0.05) is 0 Å². The van der Waals surface area contributed by atoms with Crippen LogP contribution in [0.15, 0.2) is 0 Å². The summed E-state index contributed by atoms with van der Waals surface area (Å²) < 4.78 is 31.5. The molecule has 100 valence electrons. The quantitative estimate of drug-likeness (QED) is 0.788. The molecule has 0 amide bonds. The lowest BCUT2D eigenvalue weighted by atomic mass is 10.1. The molecular weight excluding hydrogens is 240 g/mol. The van der Waals surface area contributed by atoms with Crippen LogP contribution < -0.4 is 5.32 Å². The van der Waals surface area contributed by atoms with Crippen LogP contribution in [0.1, 0.15) is 26.2 Å². The summed E-state index contributed by atoms with van der Waals surface area (Å²) in [6.07, 6.45) is 2.92. The van der Waals surface area contributed by atoms with Crippen molar-refractivity contribution in [1.29, 1.82) is 0 Å². The van der Waals surface area contributed by atoms with Gasteiger partial charge in [0.15, 0.2) is 0 Å². The second kappa shape index (κ2) is 5.65. The van der Waals surface area contributed by atoms with Crippen molar-refractivity contribution in [3.63, 3.8) is 0 Å². The summed E-state index contributed by atoms with van der Waals surface area (Å²) in [5.74, 6) is 0.153. The molecule has 2 heterocycles. The molecule has 0 radical (unpaired) electrons. The largest absolute Gasteiger partial charge is 0.377 e. The molecule has 5 nitrogen and oxygen atoms in total. The molecule has 2 atom stereocenters. The lowest BCUT2D eigenvalue weighted by Crippen LogP contribution is -2.52. The van der Waals surface area contributed by atoms with Crippen LogP contribution in [0.25, 0.3) is 0 Å². The third-order valence-corrected chi connectivity index (χ3v) is 5.31. The van der Waals surface area contributed by atoms with Crippen molar-refractivity contribution in [2.45, 2.75) is 38.3 Å². The Balaban J connectivity index is 1.92. The van der Waals surface area contributed by atoms with Gasteiger partial charge in [0, 0.05) is 32.3 Å². The third kappa shape index (κ3) is 3.64. The molecule has 0 saturated carbocycles. The van der Waals surface area contributed by atoms with Gasteiger partial charge in [-0.05, 0) is 26.2 Å². The van der Waals surface area contributed by atoms with Crippen LogP contribution >= 0.6 is 0 Å². The summed E-state index contributed by atoms with van der Waals surface area (Å²) in [6, 6.07) is 0.241. The zero-order valence-electron chi connectivity index (χ0n) is 10.4. The van der Waals surface area contributed by atoms with Gasteiger partial charge in [-0.2, -0.15) is 4.31 Å². The molecule has 0 aliphatic carbocycles. The average Bonchev–Trinajstić information content (AvgIpc) is 2.30. The Morgan fingerprint density at radius 3 is 2.88 bits per heavy atom. The standard InChI is InChI=1S/C11H22N2O3S/c1-10-8-13(6-5-12-10)17(14,15)9-11-4-2-3-7-16-11/h10-12H,2-9H2,1H3. The molecule has 0 aromatic rings. The number of nitrogens with zero attached hydrogens (tertiary/aromatic N) is 1. The molecule has 17 heavy (non-hydrogen) atoms. The van der Waals surface area contributed by atoms with E-state index in [0.717, 1.165) is 25.8 Å². The summed E-state index contributed by atoms with van der Waals surface area (Å²) in [5.41, 5.74) is 0. The summed E-state index contributed by atoms with van der Waals surface area (Å²) in [6.45, 7) is 4.62. The number of hydrogen-bond acceptors (Lipinski definition) is 4. The van der Waals surface area contributed by atoms with Crippen LogP contribution in [0.4, 0.5) is 0 Å². The Kier molecular flexibility index (Phi) is 4.41. The highest BCUT2D eigenvalue weighted by Gasteiger charge is 2.30. The van der Waals surface area contributed by atoms with Crippen molar-refractivity contribution in [3.05, 3.63) is 0 Å². The fourth-order valence-corrected chi connectivity index (χ4v) is 4.19. The second-order valence-electron chi connectivity index (χ2n) is 4.98. The molecule has 2 unspecified atom stereocenters. The van der Waals surface area contributed by atoms with E-state index in [1.165, 1.54) is 0 Å². The highest BCUT2D eigenvalue weighted by atomic mass is 32.2. The van der Waals surface area contributed by atoms with Gasteiger partial charge in [-0.3, -0.25) is 0 Å². The van der Waals surface area contributed by atoms with E-state index >= 15 is 0 Å². The summed E-state index contributed by atoms with van der Waals surface area (Å²) in [4.78, 5) is 0. The molecule has 2 aliphatic heterocycles. The van der Waals surface area contributed by atoms with Gasteiger partial charge in [0.05, 0.1) is 11.9 Å². The van der Waals surface area contributed by atoms with Crippen molar-refractivity contribution in [1.82, 2.24) is 9.62 Å². The molecule has 2 rings (SSSR count). The molecule has 6 heteroatoms. The minimum atomic E-state index is -3.15. The van der Waals surface area contributed by atoms with Crippen LogP contribution in [0.3, 0.4) is 0 Å². The maximum atomic E-state index is 12.2. The van der Waals surface area contributed by atoms with E-state index in [1.807, 2.05) is 6.92 Å². The Morgan fingerprint density at radius 2 is 2.24 bits per heavy atom. The van der Waals surface area contributed by atoms with Gasteiger partial charge >= 0.3 is 0 Å². The Bertz CT molecular complexity index is 339. The normalized spacial score (nSPS) is 32.5. The first kappa shape index (κ1) is 13.3. The average molecular weight is 262 g/mol. The topological polar surface area (TPSA) is 58.6 Å². The van der Waals surface area contributed by atoms with Gasteiger partial charge in [-0.25, -0.2) is 8.42 Å². The molecule has 0 aromatic carbocycles. The third-order valence-electron chi connectivity index (χ3n) is 3.40. The molecule has 2 fully saturated rings. The Hall–Kier alpha value is -0.170. The molecule has 2 aliphatic rings. The first-order chi connectivity index (χ1) is 8.08. The predicted molar refractivity (Wildman–Crippen MR) is 66.4 cm³/mol. The van der Waals surface area contributed by atoms with Gasteiger partial charge in [0.25, 0.3) is 0 Å². The van der Waals surface area contributed by atoms with Crippen molar-refractivity contribution >= 4 is 10.0 Å². The molecule has 1 N–H and O–H groups in total. The van der Waals surface area contributed by atoms with E-state index in [0.29, 0.717) is 19.7 Å². The van der Waals surface area contributed by atoms with E-state index in [4.69, 9.17) is 4.74 Å². The van der Waals surface area contributed by atoms with Crippen molar-refractivity contribution < 1.29 is 13.2 Å². The fraction of sp³-hybridized carbons (Fsp3) is 1.00. The lowest BCUT2D eigenvalue weighted by Gasteiger charge is -2.32. The van der Waals surface area contributed by atoms with E-state index < -0.39 is 10.0 Å². The van der Waals surface area contributed by atoms with E-state index in [2.05, 4.69) is 5.32 Å². The highest BCUT2D eigenvalue weighted by Crippen LogP contribution is 2.17. The number of rotatable bonds is 3. The molecule has 0 bridgehead atoms. The summed E-state index contributed by atoms with van der Waals surface area (Å²) in [7, 11) is -3.15. The van der Waals surface area contributed by atoms with E-state index in [1.54, 1.807) is 4.31 Å². The number of piperazine rings is 1. The van der Waals surface area contributed by atoms with Crippen LogP contribution in [0, 0.1) is 0 Å². The summed E-state index contributed by atoms with van der Waals surface area (Å²) >= 11 is 0. The molecule has 2 saturated heterocycles. The van der Waals surface area contributed by atoms with Crippen molar-refractivity contribution in [2.24, 2.45) is 0 Å². The van der Waals surface area contributed by atoms with Gasteiger partial charge in [-0.15, -0.1) is 0 Å². The van der Waals surface area contributed by atoms with Gasteiger partial charge in [0.1, 0.15) is 0 Å². The van der Waals surface area contributed by atoms with Crippen molar-refractivity contribution in [3.8, 4) is 0 Å².